The van der Waals surface area contributed by atoms with Crippen molar-refractivity contribution < 1.29 is 4.42 Å². The third-order valence-electron chi connectivity index (χ3n) is 2.65. The molecule has 3 nitrogen and oxygen atoms in total. The molecule has 0 bridgehead atoms. The maximum Gasteiger partial charge on any atom is 0.191 e. The molecule has 0 saturated carbocycles. The summed E-state index contributed by atoms with van der Waals surface area (Å²) in [6.45, 7) is 2.87. The zero-order valence-corrected chi connectivity index (χ0v) is 11.6. The molecule has 0 spiro atoms. The van der Waals surface area contributed by atoms with Crippen LogP contribution in [0.25, 0.3) is 11.3 Å². The van der Waals surface area contributed by atoms with Gasteiger partial charge >= 0.3 is 0 Å². The molecule has 1 aromatic heterocycles. The Morgan fingerprint density at radius 2 is 2.06 bits per heavy atom. The van der Waals surface area contributed by atoms with Gasteiger partial charge in [-0.1, -0.05) is 12.1 Å². The summed E-state index contributed by atoms with van der Waals surface area (Å²) in [6.07, 6.45) is 5.01. The Balaban J connectivity index is 1.93. The van der Waals surface area contributed by atoms with Gasteiger partial charge in [0.15, 0.2) is 5.89 Å². The molecular formula is C14H18N2OS. The Bertz CT molecular complexity index is 479. The Hall–Kier alpha value is -1.42. The first-order valence-corrected chi connectivity index (χ1v) is 7.44. The molecule has 0 aliphatic carbocycles. The van der Waals surface area contributed by atoms with Crippen molar-refractivity contribution in [2.45, 2.75) is 13.3 Å². The van der Waals surface area contributed by atoms with Crippen LogP contribution in [0.3, 0.4) is 0 Å². The molecule has 1 aromatic carbocycles. The number of oxazole rings is 1. The van der Waals surface area contributed by atoms with E-state index in [2.05, 4.69) is 40.8 Å². The molecule has 0 aliphatic heterocycles. The average molecular weight is 262 g/mol. The minimum Gasteiger partial charge on any atom is -0.449 e. The lowest BCUT2D eigenvalue weighted by atomic mass is 10.1. The molecule has 96 valence electrons. The first kappa shape index (κ1) is 13.0. The summed E-state index contributed by atoms with van der Waals surface area (Å²) in [7, 11) is 0. The van der Waals surface area contributed by atoms with Crippen molar-refractivity contribution >= 4 is 17.4 Å². The van der Waals surface area contributed by atoms with E-state index in [-0.39, 0.29) is 0 Å². The fourth-order valence-corrected chi connectivity index (χ4v) is 2.14. The van der Waals surface area contributed by atoms with E-state index in [0.29, 0.717) is 5.89 Å². The van der Waals surface area contributed by atoms with Crippen molar-refractivity contribution in [3.8, 4) is 11.3 Å². The summed E-state index contributed by atoms with van der Waals surface area (Å²) in [4.78, 5) is 4.31. The smallest absolute Gasteiger partial charge is 0.191 e. The van der Waals surface area contributed by atoms with E-state index in [1.807, 2.05) is 18.7 Å². The minimum atomic E-state index is 0.698. The largest absolute Gasteiger partial charge is 0.449 e. The second kappa shape index (κ2) is 6.50. The highest BCUT2D eigenvalue weighted by atomic mass is 32.2. The first-order chi connectivity index (χ1) is 8.79. The maximum absolute atomic E-state index is 5.21. The lowest BCUT2D eigenvalue weighted by molar-refractivity contribution is 0.521. The van der Waals surface area contributed by atoms with Crippen LogP contribution >= 0.6 is 11.8 Å². The summed E-state index contributed by atoms with van der Waals surface area (Å²) >= 11 is 1.88. The van der Waals surface area contributed by atoms with Gasteiger partial charge in [0.25, 0.3) is 0 Å². The number of nitrogens with one attached hydrogen (secondary N) is 1. The van der Waals surface area contributed by atoms with E-state index >= 15 is 0 Å². The molecule has 0 saturated heterocycles. The zero-order valence-electron chi connectivity index (χ0n) is 10.8. The molecule has 0 amide bonds. The van der Waals surface area contributed by atoms with Gasteiger partial charge in [-0.2, -0.15) is 11.8 Å². The van der Waals surface area contributed by atoms with Gasteiger partial charge in [-0.15, -0.1) is 0 Å². The summed E-state index contributed by atoms with van der Waals surface area (Å²) in [5.41, 5.74) is 3.13. The summed E-state index contributed by atoms with van der Waals surface area (Å²) in [6, 6.07) is 8.29. The topological polar surface area (TPSA) is 38.1 Å². The highest BCUT2D eigenvalue weighted by Gasteiger charge is 2.02. The average Bonchev–Trinajstić information content (AvgIpc) is 2.82. The van der Waals surface area contributed by atoms with E-state index in [1.165, 1.54) is 12.2 Å². The number of aromatic nitrogens is 1. The van der Waals surface area contributed by atoms with Crippen molar-refractivity contribution in [2.75, 3.05) is 23.9 Å². The molecule has 1 heterocycles. The second-order valence-corrected chi connectivity index (χ2v) is 5.09. The molecule has 1 N–H and O–H groups in total. The van der Waals surface area contributed by atoms with Crippen LogP contribution in [-0.2, 0) is 0 Å². The third-order valence-corrected chi connectivity index (χ3v) is 3.35. The lowest BCUT2D eigenvalue weighted by Gasteiger charge is -2.06. The molecule has 0 unspecified atom stereocenters. The number of hydrogen-bond donors (Lipinski definition) is 1. The monoisotopic (exact) mass is 262 g/mol. The number of rotatable bonds is 6. The first-order valence-electron chi connectivity index (χ1n) is 6.05. The summed E-state index contributed by atoms with van der Waals surface area (Å²) < 4.78 is 5.21. The van der Waals surface area contributed by atoms with Crippen LogP contribution in [0.1, 0.15) is 12.3 Å². The molecule has 4 heteroatoms. The number of anilines is 1. The highest BCUT2D eigenvalue weighted by molar-refractivity contribution is 7.98. The Labute approximate surface area is 112 Å². The molecule has 0 atom stereocenters. The van der Waals surface area contributed by atoms with E-state index in [0.717, 1.165) is 23.5 Å². The standard InChI is InChI=1S/C14H18N2OS/c1-11-16-14(10-17-11)12-4-6-13(7-5-12)15-8-3-9-18-2/h4-7,10,15H,3,8-9H2,1-2H3. The van der Waals surface area contributed by atoms with Gasteiger partial charge in [0.1, 0.15) is 12.0 Å². The van der Waals surface area contributed by atoms with Gasteiger partial charge in [-0.05, 0) is 30.6 Å². The molecule has 0 aliphatic rings. The number of nitrogens with zero attached hydrogens (tertiary/aromatic N) is 1. The van der Waals surface area contributed by atoms with Crippen LogP contribution in [0, 0.1) is 6.92 Å². The van der Waals surface area contributed by atoms with Gasteiger partial charge in [0.2, 0.25) is 0 Å². The summed E-state index contributed by atoms with van der Waals surface area (Å²) in [5.74, 6) is 1.90. The van der Waals surface area contributed by atoms with E-state index in [9.17, 15) is 0 Å². The van der Waals surface area contributed by atoms with Crippen molar-refractivity contribution in [2.24, 2.45) is 0 Å². The highest BCUT2D eigenvalue weighted by Crippen LogP contribution is 2.20. The quantitative estimate of drug-likeness (QED) is 0.803. The second-order valence-electron chi connectivity index (χ2n) is 4.10. The van der Waals surface area contributed by atoms with Crippen LogP contribution in [0.4, 0.5) is 5.69 Å². The van der Waals surface area contributed by atoms with Gasteiger partial charge in [-0.25, -0.2) is 4.98 Å². The van der Waals surface area contributed by atoms with Crippen LogP contribution in [0.5, 0.6) is 0 Å². The van der Waals surface area contributed by atoms with Gasteiger partial charge < -0.3 is 9.73 Å². The lowest BCUT2D eigenvalue weighted by Crippen LogP contribution is -2.02. The van der Waals surface area contributed by atoms with Crippen molar-refractivity contribution in [3.05, 3.63) is 36.4 Å². The SMILES string of the molecule is CSCCCNc1ccc(-c2coc(C)n2)cc1. The van der Waals surface area contributed by atoms with E-state index < -0.39 is 0 Å². The van der Waals surface area contributed by atoms with Gasteiger partial charge in [0.05, 0.1) is 0 Å². The fraction of sp³-hybridized carbons (Fsp3) is 0.357. The Kier molecular flexibility index (Phi) is 4.70. The van der Waals surface area contributed by atoms with Gasteiger partial charge in [-0.3, -0.25) is 0 Å². The maximum atomic E-state index is 5.21. The number of aryl methyl sites for hydroxylation is 1. The van der Waals surface area contributed by atoms with Crippen molar-refractivity contribution in [1.29, 1.82) is 0 Å². The van der Waals surface area contributed by atoms with Crippen LogP contribution in [0.15, 0.2) is 34.9 Å². The normalized spacial score (nSPS) is 10.6. The van der Waals surface area contributed by atoms with Crippen molar-refractivity contribution in [1.82, 2.24) is 4.98 Å². The predicted molar refractivity (Wildman–Crippen MR) is 78.2 cm³/mol. The molecule has 0 fully saturated rings. The molecule has 2 aromatic rings. The zero-order chi connectivity index (χ0) is 12.8. The fourth-order valence-electron chi connectivity index (χ4n) is 1.70. The van der Waals surface area contributed by atoms with Crippen molar-refractivity contribution in [3.63, 3.8) is 0 Å². The predicted octanol–water partition coefficient (Wildman–Crippen LogP) is 3.82. The molecule has 2 rings (SSSR count). The third kappa shape index (κ3) is 3.53. The van der Waals surface area contributed by atoms with E-state index in [4.69, 9.17) is 4.42 Å². The van der Waals surface area contributed by atoms with E-state index in [1.54, 1.807) is 6.26 Å². The molecule has 0 radical (unpaired) electrons. The molecular weight excluding hydrogens is 244 g/mol. The van der Waals surface area contributed by atoms with Gasteiger partial charge in [0, 0.05) is 24.7 Å². The number of benzene rings is 1. The van der Waals surface area contributed by atoms with Crippen LogP contribution in [-0.4, -0.2) is 23.5 Å². The van der Waals surface area contributed by atoms with Crippen LogP contribution < -0.4 is 5.32 Å². The number of thioether (sulfide) groups is 1. The summed E-state index contributed by atoms with van der Waals surface area (Å²) in [5, 5.41) is 3.41. The minimum absolute atomic E-state index is 0.698. The molecule has 18 heavy (non-hydrogen) atoms. The van der Waals surface area contributed by atoms with Crippen LogP contribution in [0.2, 0.25) is 0 Å². The Morgan fingerprint density at radius 1 is 1.28 bits per heavy atom. The number of hydrogen-bond acceptors (Lipinski definition) is 4. The Morgan fingerprint density at radius 3 is 2.67 bits per heavy atom.